The standard InChI is InChI=1S/C16H16N2O3/c1-10-15(16(19)18(8-7-17)11-3-4-11)13-9-12(20-2)5-6-14(13)21-10/h5-6,9,11H,3-4,8H2,1-2H3. The normalized spacial score (nSPS) is 14.0. The number of methoxy groups -OCH3 is 1. The number of hydrogen-bond acceptors (Lipinski definition) is 4. The lowest BCUT2D eigenvalue weighted by Gasteiger charge is -2.18. The highest BCUT2D eigenvalue weighted by Crippen LogP contribution is 2.33. The molecule has 0 spiro atoms. The summed E-state index contributed by atoms with van der Waals surface area (Å²) in [5, 5.41) is 9.67. The third-order valence-corrected chi connectivity index (χ3v) is 3.77. The van der Waals surface area contributed by atoms with Gasteiger partial charge in [0.05, 0.1) is 18.7 Å². The van der Waals surface area contributed by atoms with Gasteiger partial charge in [-0.3, -0.25) is 4.79 Å². The molecule has 0 radical (unpaired) electrons. The number of amides is 1. The topological polar surface area (TPSA) is 66.5 Å². The van der Waals surface area contributed by atoms with E-state index in [1.54, 1.807) is 37.1 Å². The van der Waals surface area contributed by atoms with Crippen LogP contribution in [0.5, 0.6) is 5.75 Å². The summed E-state index contributed by atoms with van der Waals surface area (Å²) in [5.74, 6) is 1.12. The fourth-order valence-electron chi connectivity index (χ4n) is 2.56. The van der Waals surface area contributed by atoms with Crippen LogP contribution in [0.15, 0.2) is 22.6 Å². The Hall–Kier alpha value is -2.48. The van der Waals surface area contributed by atoms with Gasteiger partial charge in [0.25, 0.3) is 5.91 Å². The number of fused-ring (bicyclic) bond motifs is 1. The van der Waals surface area contributed by atoms with E-state index in [2.05, 4.69) is 6.07 Å². The van der Waals surface area contributed by atoms with Crippen LogP contribution in [0.3, 0.4) is 0 Å². The van der Waals surface area contributed by atoms with E-state index in [-0.39, 0.29) is 18.5 Å². The maximum Gasteiger partial charge on any atom is 0.259 e. The molecule has 1 fully saturated rings. The van der Waals surface area contributed by atoms with Gasteiger partial charge in [-0.05, 0) is 38.0 Å². The van der Waals surface area contributed by atoms with E-state index in [0.717, 1.165) is 18.2 Å². The zero-order valence-electron chi connectivity index (χ0n) is 12.0. The summed E-state index contributed by atoms with van der Waals surface area (Å²) in [5.41, 5.74) is 1.19. The lowest BCUT2D eigenvalue weighted by molar-refractivity contribution is 0.0765. The molecule has 3 rings (SSSR count). The second-order valence-electron chi connectivity index (χ2n) is 5.22. The SMILES string of the molecule is COc1ccc2oc(C)c(C(=O)N(CC#N)C3CC3)c2c1. The molecule has 1 heterocycles. The van der Waals surface area contributed by atoms with Gasteiger partial charge in [0.15, 0.2) is 0 Å². The zero-order valence-corrected chi connectivity index (χ0v) is 12.0. The molecule has 1 aromatic heterocycles. The molecular formula is C16H16N2O3. The molecule has 0 bridgehead atoms. The van der Waals surface area contributed by atoms with Gasteiger partial charge in [-0.2, -0.15) is 5.26 Å². The minimum absolute atomic E-state index is 0.111. The average Bonchev–Trinajstić information content (AvgIpc) is 3.26. The quantitative estimate of drug-likeness (QED) is 0.810. The van der Waals surface area contributed by atoms with Crippen LogP contribution >= 0.6 is 0 Å². The van der Waals surface area contributed by atoms with Crippen LogP contribution in [0, 0.1) is 18.3 Å². The Balaban J connectivity index is 2.07. The highest BCUT2D eigenvalue weighted by molar-refractivity contribution is 6.07. The second kappa shape index (κ2) is 5.13. The summed E-state index contributed by atoms with van der Waals surface area (Å²) >= 11 is 0. The van der Waals surface area contributed by atoms with Crippen LogP contribution in [0.1, 0.15) is 29.0 Å². The average molecular weight is 284 g/mol. The number of furan rings is 1. The van der Waals surface area contributed by atoms with Crippen LogP contribution in [-0.4, -0.2) is 30.5 Å². The van der Waals surface area contributed by atoms with Gasteiger partial charge in [-0.1, -0.05) is 0 Å². The van der Waals surface area contributed by atoms with E-state index in [9.17, 15) is 4.79 Å². The van der Waals surface area contributed by atoms with Crippen LogP contribution in [0.4, 0.5) is 0 Å². The number of nitrogens with zero attached hydrogens (tertiary/aromatic N) is 2. The fraction of sp³-hybridized carbons (Fsp3) is 0.375. The van der Waals surface area contributed by atoms with Crippen molar-refractivity contribution >= 4 is 16.9 Å². The predicted molar refractivity (Wildman–Crippen MR) is 77.2 cm³/mol. The van der Waals surface area contributed by atoms with Crippen LogP contribution in [-0.2, 0) is 0 Å². The largest absolute Gasteiger partial charge is 0.497 e. The van der Waals surface area contributed by atoms with Crippen molar-refractivity contribution in [1.82, 2.24) is 4.90 Å². The molecule has 108 valence electrons. The van der Waals surface area contributed by atoms with Crippen molar-refractivity contribution in [1.29, 1.82) is 5.26 Å². The van der Waals surface area contributed by atoms with Crippen molar-refractivity contribution in [2.45, 2.75) is 25.8 Å². The molecule has 1 aromatic carbocycles. The van der Waals surface area contributed by atoms with Gasteiger partial charge in [0.1, 0.15) is 23.6 Å². The van der Waals surface area contributed by atoms with Gasteiger partial charge >= 0.3 is 0 Å². The maximum absolute atomic E-state index is 12.8. The van der Waals surface area contributed by atoms with Crippen molar-refractivity contribution in [2.75, 3.05) is 13.7 Å². The smallest absolute Gasteiger partial charge is 0.259 e. The number of aryl methyl sites for hydroxylation is 1. The van der Waals surface area contributed by atoms with E-state index < -0.39 is 0 Å². The number of nitriles is 1. The molecule has 5 nitrogen and oxygen atoms in total. The molecule has 2 aromatic rings. The summed E-state index contributed by atoms with van der Waals surface area (Å²) < 4.78 is 10.9. The Morgan fingerprint density at radius 3 is 2.90 bits per heavy atom. The highest BCUT2D eigenvalue weighted by atomic mass is 16.5. The molecule has 5 heteroatoms. The molecule has 0 atom stereocenters. The predicted octanol–water partition coefficient (Wildman–Crippen LogP) is 2.88. The van der Waals surface area contributed by atoms with Gasteiger partial charge in [0, 0.05) is 11.4 Å². The Bertz CT molecular complexity index is 738. The van der Waals surface area contributed by atoms with Crippen molar-refractivity contribution in [3.8, 4) is 11.8 Å². The van der Waals surface area contributed by atoms with E-state index in [0.29, 0.717) is 22.7 Å². The number of ether oxygens (including phenoxy) is 1. The Morgan fingerprint density at radius 1 is 1.52 bits per heavy atom. The summed E-state index contributed by atoms with van der Waals surface area (Å²) in [7, 11) is 1.59. The summed E-state index contributed by atoms with van der Waals surface area (Å²) in [6.07, 6.45) is 1.93. The number of hydrogen-bond donors (Lipinski definition) is 0. The molecular weight excluding hydrogens is 268 g/mol. The minimum atomic E-state index is -0.136. The van der Waals surface area contributed by atoms with Crippen LogP contribution in [0.25, 0.3) is 11.0 Å². The third-order valence-electron chi connectivity index (χ3n) is 3.77. The summed E-state index contributed by atoms with van der Waals surface area (Å²) in [6, 6.07) is 7.66. The van der Waals surface area contributed by atoms with Crippen LogP contribution in [0.2, 0.25) is 0 Å². The third kappa shape index (κ3) is 2.33. The van der Waals surface area contributed by atoms with Crippen molar-refractivity contribution in [2.24, 2.45) is 0 Å². The van der Waals surface area contributed by atoms with E-state index in [4.69, 9.17) is 14.4 Å². The lowest BCUT2D eigenvalue weighted by Crippen LogP contribution is -2.33. The number of rotatable bonds is 4. The molecule has 1 amide bonds. The molecule has 1 aliphatic carbocycles. The van der Waals surface area contributed by atoms with Gasteiger partial charge in [-0.25, -0.2) is 0 Å². The zero-order chi connectivity index (χ0) is 15.0. The fourth-order valence-corrected chi connectivity index (χ4v) is 2.56. The Morgan fingerprint density at radius 2 is 2.29 bits per heavy atom. The van der Waals surface area contributed by atoms with Crippen LogP contribution < -0.4 is 4.74 Å². The van der Waals surface area contributed by atoms with Gasteiger partial charge in [0.2, 0.25) is 0 Å². The molecule has 0 aliphatic heterocycles. The number of benzene rings is 1. The molecule has 21 heavy (non-hydrogen) atoms. The first-order valence-corrected chi connectivity index (χ1v) is 6.90. The molecule has 1 saturated carbocycles. The summed E-state index contributed by atoms with van der Waals surface area (Å²) in [6.45, 7) is 1.89. The summed E-state index contributed by atoms with van der Waals surface area (Å²) in [4.78, 5) is 14.4. The first-order valence-electron chi connectivity index (χ1n) is 6.90. The molecule has 1 aliphatic rings. The maximum atomic E-state index is 12.8. The number of carbonyl (C=O) groups excluding carboxylic acids is 1. The minimum Gasteiger partial charge on any atom is -0.497 e. The Labute approximate surface area is 122 Å². The molecule has 0 N–H and O–H groups in total. The second-order valence-corrected chi connectivity index (χ2v) is 5.22. The first-order chi connectivity index (χ1) is 10.2. The lowest BCUT2D eigenvalue weighted by atomic mass is 10.1. The van der Waals surface area contributed by atoms with Crippen molar-refractivity contribution < 1.29 is 13.9 Å². The monoisotopic (exact) mass is 284 g/mol. The first kappa shape index (κ1) is 13.5. The number of carbonyl (C=O) groups is 1. The van der Waals surface area contributed by atoms with Crippen molar-refractivity contribution in [3.63, 3.8) is 0 Å². The highest BCUT2D eigenvalue weighted by Gasteiger charge is 2.35. The van der Waals surface area contributed by atoms with Gasteiger partial charge in [-0.15, -0.1) is 0 Å². The molecule has 0 unspecified atom stereocenters. The molecule has 0 saturated heterocycles. The van der Waals surface area contributed by atoms with E-state index >= 15 is 0 Å². The van der Waals surface area contributed by atoms with E-state index in [1.165, 1.54) is 0 Å². The Kier molecular flexibility index (Phi) is 3.30. The van der Waals surface area contributed by atoms with E-state index in [1.807, 2.05) is 0 Å². The van der Waals surface area contributed by atoms with Gasteiger partial charge < -0.3 is 14.1 Å². The van der Waals surface area contributed by atoms with Crippen molar-refractivity contribution in [3.05, 3.63) is 29.5 Å².